The van der Waals surface area contributed by atoms with E-state index in [1.54, 1.807) is 0 Å². The second-order valence-electron chi connectivity index (χ2n) is 14.7. The van der Waals surface area contributed by atoms with Crippen molar-refractivity contribution in [3.8, 4) is 0 Å². The first kappa shape index (κ1) is 46.6. The number of hydrogen-bond donors (Lipinski definition) is 15. The van der Waals surface area contributed by atoms with Crippen molar-refractivity contribution in [2.24, 2.45) is 0 Å². The van der Waals surface area contributed by atoms with Crippen LogP contribution in [0.5, 0.6) is 0 Å². The van der Waals surface area contributed by atoms with E-state index in [2.05, 4.69) is 5.32 Å². The molecule has 25 heteroatoms. The van der Waals surface area contributed by atoms with E-state index in [1.165, 1.54) is 13.8 Å². The normalized spacial score (nSPS) is 52.3. The molecule has 0 aromatic rings. The summed E-state index contributed by atoms with van der Waals surface area (Å²) in [6.45, 7) is 0.896. The van der Waals surface area contributed by atoms with Gasteiger partial charge in [0.1, 0.15) is 110 Å². The van der Waals surface area contributed by atoms with Crippen LogP contribution in [-0.2, 0) is 47.4 Å². The fourth-order valence-electron chi connectivity index (χ4n) is 7.28. The van der Waals surface area contributed by atoms with Gasteiger partial charge in [-0.3, -0.25) is 4.79 Å². The van der Waals surface area contributed by atoms with Gasteiger partial charge in [-0.2, -0.15) is 0 Å². The molecule has 1 amide bonds. The lowest BCUT2D eigenvalue weighted by atomic mass is 9.94. The summed E-state index contributed by atoms with van der Waals surface area (Å²) < 4.78 is 52.1. The second kappa shape index (κ2) is 19.5. The largest absolute Gasteiger partial charge is 0.394 e. The summed E-state index contributed by atoms with van der Waals surface area (Å²) >= 11 is 0. The lowest BCUT2D eigenvalue weighted by Crippen LogP contribution is -2.70. The standard InChI is InChI=1S/C32H55NO24/c1-7-14(38)19(43)21(45)30(49-7)56-26-23(47)28(48)51-12(6-36)24(26)54-32-27(57-31-22(46)20(44)15(39)8(2)50-31)25(17(41)11(5-35)53-32)55-29-13(33-9(3)37)18(42)16(40)10(4-34)52-29/h7-8,10-32,34-36,38-48H,4-6H2,1-3H3,(H,33,37)/t7-,8-,10+,11+,12+,13+,14+,15+,16-,17-,18+,19+,20+,21-,22-,23+,24+,25-,26+,27+,28-,29+,30-,31-,32-/m0/s1. The number of aliphatic hydroxyl groups excluding tert-OH is 14. The number of carbonyl (C=O) groups excluding carboxylic acids is 1. The summed E-state index contributed by atoms with van der Waals surface area (Å²) in [4.78, 5) is 12.2. The zero-order chi connectivity index (χ0) is 42.2. The second-order valence-corrected chi connectivity index (χ2v) is 14.7. The molecule has 5 heterocycles. The molecule has 25 nitrogen and oxygen atoms in total. The zero-order valence-corrected chi connectivity index (χ0v) is 30.9. The van der Waals surface area contributed by atoms with Gasteiger partial charge >= 0.3 is 0 Å². The molecule has 0 aliphatic carbocycles. The molecule has 0 saturated carbocycles. The summed E-state index contributed by atoms with van der Waals surface area (Å²) in [6.07, 6.45) is -42.9. The van der Waals surface area contributed by atoms with Crippen LogP contribution in [0.4, 0.5) is 0 Å². The maximum absolute atomic E-state index is 12.2. The van der Waals surface area contributed by atoms with Gasteiger partial charge in [-0.05, 0) is 13.8 Å². The number of nitrogens with one attached hydrogen (secondary N) is 1. The highest BCUT2D eigenvalue weighted by Gasteiger charge is 2.57. The van der Waals surface area contributed by atoms with Crippen LogP contribution in [0, 0.1) is 0 Å². The lowest BCUT2D eigenvalue weighted by molar-refractivity contribution is -0.408. The van der Waals surface area contributed by atoms with Crippen molar-refractivity contribution in [3.63, 3.8) is 0 Å². The molecule has 332 valence electrons. The Bertz CT molecular complexity index is 1290. The summed E-state index contributed by atoms with van der Waals surface area (Å²) in [5, 5.41) is 151. The number of amides is 1. The summed E-state index contributed by atoms with van der Waals surface area (Å²) in [7, 11) is 0. The van der Waals surface area contributed by atoms with Crippen LogP contribution in [0.2, 0.25) is 0 Å². The summed E-state index contributed by atoms with van der Waals surface area (Å²) in [5.74, 6) is -0.747. The number of carbonyl (C=O) groups is 1. The van der Waals surface area contributed by atoms with E-state index in [-0.39, 0.29) is 0 Å². The predicted octanol–water partition coefficient (Wildman–Crippen LogP) is -9.73. The van der Waals surface area contributed by atoms with Crippen LogP contribution < -0.4 is 5.32 Å². The maximum Gasteiger partial charge on any atom is 0.217 e. The minimum absolute atomic E-state index is 0.747. The molecule has 5 rings (SSSR count). The Morgan fingerprint density at radius 2 is 0.895 bits per heavy atom. The van der Waals surface area contributed by atoms with Crippen molar-refractivity contribution in [3.05, 3.63) is 0 Å². The molecular weight excluding hydrogens is 782 g/mol. The average molecular weight is 838 g/mol. The van der Waals surface area contributed by atoms with Gasteiger partial charge in [0.2, 0.25) is 5.91 Å². The van der Waals surface area contributed by atoms with Crippen molar-refractivity contribution >= 4 is 5.91 Å². The molecule has 0 spiro atoms. The third kappa shape index (κ3) is 9.71. The number of rotatable bonds is 12. The molecule has 25 atom stereocenters. The van der Waals surface area contributed by atoms with E-state index in [0.29, 0.717) is 0 Å². The predicted molar refractivity (Wildman–Crippen MR) is 175 cm³/mol. The smallest absolute Gasteiger partial charge is 0.217 e. The van der Waals surface area contributed by atoms with Gasteiger partial charge in [0, 0.05) is 6.92 Å². The first-order chi connectivity index (χ1) is 26.8. The van der Waals surface area contributed by atoms with Crippen LogP contribution in [0.25, 0.3) is 0 Å². The van der Waals surface area contributed by atoms with Crippen LogP contribution in [0.1, 0.15) is 20.8 Å². The molecule has 5 aliphatic rings. The molecule has 0 aromatic heterocycles. The van der Waals surface area contributed by atoms with E-state index in [4.69, 9.17) is 42.6 Å². The van der Waals surface area contributed by atoms with Crippen molar-refractivity contribution in [2.75, 3.05) is 19.8 Å². The lowest BCUT2D eigenvalue weighted by Gasteiger charge is -2.51. The van der Waals surface area contributed by atoms with Gasteiger partial charge in [0.25, 0.3) is 0 Å². The Morgan fingerprint density at radius 1 is 0.456 bits per heavy atom. The van der Waals surface area contributed by atoms with Crippen molar-refractivity contribution in [1.29, 1.82) is 0 Å². The minimum atomic E-state index is -2.07. The monoisotopic (exact) mass is 837 g/mol. The van der Waals surface area contributed by atoms with Crippen LogP contribution in [0.15, 0.2) is 0 Å². The third-order valence-corrected chi connectivity index (χ3v) is 10.6. The highest BCUT2D eigenvalue weighted by Crippen LogP contribution is 2.37. The number of aliphatic hydroxyl groups is 14. The zero-order valence-electron chi connectivity index (χ0n) is 30.9. The van der Waals surface area contributed by atoms with Gasteiger partial charge < -0.3 is 119 Å². The topological polar surface area (TPSA) is 395 Å². The minimum Gasteiger partial charge on any atom is -0.394 e. The average Bonchev–Trinajstić information content (AvgIpc) is 3.18. The molecule has 0 aromatic carbocycles. The van der Waals surface area contributed by atoms with Crippen molar-refractivity contribution in [1.82, 2.24) is 5.32 Å². The van der Waals surface area contributed by atoms with E-state index in [1.807, 2.05) is 0 Å². The molecule has 0 unspecified atom stereocenters. The highest BCUT2D eigenvalue weighted by molar-refractivity contribution is 5.73. The SMILES string of the molecule is CC(=O)N[C@H]1[C@@H](O[C@H]2[C@@H](O)[C@@H](CO)O[C@@H](O[C@H]3[C@H](O[C@@H]4O[C@@H](C)[C@@H](O)[C@@H](O)[C@@H]4O)[C@@H](O)[C@@H](O)O[C@@H]3CO)[C@@H]2O[C@@H]2O[C@@H](C)[C@@H](O)[C@@H](O)[C@@H]2O)O[C@H](CO)[C@H](O)[C@@H]1O. The summed E-state index contributed by atoms with van der Waals surface area (Å²) in [6, 6.07) is -1.60. The molecule has 0 bridgehead atoms. The van der Waals surface area contributed by atoms with Gasteiger partial charge in [-0.25, -0.2) is 0 Å². The van der Waals surface area contributed by atoms with Crippen LogP contribution in [-0.4, -0.2) is 251 Å². The Labute approximate surface area is 324 Å². The Morgan fingerprint density at radius 3 is 1.40 bits per heavy atom. The summed E-state index contributed by atoms with van der Waals surface area (Å²) in [5.41, 5.74) is 0. The van der Waals surface area contributed by atoms with Gasteiger partial charge in [0.15, 0.2) is 31.5 Å². The van der Waals surface area contributed by atoms with E-state index < -0.39 is 179 Å². The van der Waals surface area contributed by atoms with E-state index in [9.17, 15) is 76.3 Å². The molecular formula is C32H55NO24. The first-order valence-corrected chi connectivity index (χ1v) is 18.3. The van der Waals surface area contributed by atoms with Gasteiger partial charge in [0.05, 0.1) is 32.0 Å². The highest BCUT2D eigenvalue weighted by atomic mass is 16.8. The molecule has 0 radical (unpaired) electrons. The van der Waals surface area contributed by atoms with Gasteiger partial charge in [-0.15, -0.1) is 0 Å². The molecule has 57 heavy (non-hydrogen) atoms. The fraction of sp³-hybridized carbons (Fsp3) is 0.969. The third-order valence-electron chi connectivity index (χ3n) is 10.6. The van der Waals surface area contributed by atoms with Crippen LogP contribution >= 0.6 is 0 Å². The molecule has 5 fully saturated rings. The molecule has 5 saturated heterocycles. The molecule has 5 aliphatic heterocycles. The number of ether oxygens (including phenoxy) is 9. The number of hydrogen-bond acceptors (Lipinski definition) is 24. The Kier molecular flexibility index (Phi) is 16.0. The quantitative estimate of drug-likeness (QED) is 0.0867. The van der Waals surface area contributed by atoms with Crippen molar-refractivity contribution in [2.45, 2.75) is 174 Å². The van der Waals surface area contributed by atoms with Gasteiger partial charge in [-0.1, -0.05) is 0 Å². The Hall–Kier alpha value is -1.45. The molecule has 15 N–H and O–H groups in total. The fourth-order valence-corrected chi connectivity index (χ4v) is 7.28. The first-order valence-electron chi connectivity index (χ1n) is 18.3. The van der Waals surface area contributed by atoms with E-state index in [0.717, 1.165) is 6.92 Å². The maximum atomic E-state index is 12.2. The Balaban J connectivity index is 1.54. The van der Waals surface area contributed by atoms with Crippen molar-refractivity contribution < 1.29 is 119 Å². The van der Waals surface area contributed by atoms with Crippen LogP contribution in [0.3, 0.4) is 0 Å². The van der Waals surface area contributed by atoms with E-state index >= 15 is 0 Å².